The molecule has 0 amide bonds. The van der Waals surface area contributed by atoms with Crippen molar-refractivity contribution in [3.63, 3.8) is 0 Å². The van der Waals surface area contributed by atoms with E-state index < -0.39 is 5.97 Å². The third kappa shape index (κ3) is 6.74. The maximum atomic E-state index is 13.9. The van der Waals surface area contributed by atoms with Crippen LogP contribution in [0.1, 0.15) is 75.9 Å². The standard InChI is InChI=1S/C37H40O7/c1-41-13-14-42-24-44-35-19-34(43-23-26-5-3-2-4-6-26)31(33(38)12-9-25-7-10-30(11-8-25)36(39)40)18-32(35)37-20-27-15-28(21-37)17-29(16-27)22-37/h2-12,18-19,27-29H,13-17,20-24H2,1H3,(H,39,40)/b12-9+. The second-order valence-corrected chi connectivity index (χ2v) is 12.6. The molecule has 44 heavy (non-hydrogen) atoms. The maximum Gasteiger partial charge on any atom is 0.335 e. The molecule has 4 aliphatic carbocycles. The van der Waals surface area contributed by atoms with Crippen LogP contribution in [0.4, 0.5) is 0 Å². The van der Waals surface area contributed by atoms with Crippen LogP contribution in [0.15, 0.2) is 72.8 Å². The van der Waals surface area contributed by atoms with E-state index in [2.05, 4.69) is 0 Å². The molecular formula is C37H40O7. The first-order chi connectivity index (χ1) is 21.4. The van der Waals surface area contributed by atoms with Gasteiger partial charge in [0.2, 0.25) is 0 Å². The zero-order valence-corrected chi connectivity index (χ0v) is 25.2. The lowest BCUT2D eigenvalue weighted by molar-refractivity contribution is -0.0190. The Morgan fingerprint density at radius 3 is 2.18 bits per heavy atom. The summed E-state index contributed by atoms with van der Waals surface area (Å²) in [7, 11) is 1.64. The fourth-order valence-corrected chi connectivity index (χ4v) is 7.89. The van der Waals surface area contributed by atoms with Crippen molar-refractivity contribution in [2.75, 3.05) is 27.1 Å². The molecule has 7 rings (SSSR count). The fourth-order valence-electron chi connectivity index (χ4n) is 7.89. The number of ether oxygens (including phenoxy) is 4. The van der Waals surface area contributed by atoms with E-state index in [9.17, 15) is 14.7 Å². The van der Waals surface area contributed by atoms with Crippen LogP contribution in [0.5, 0.6) is 11.5 Å². The zero-order chi connectivity index (χ0) is 30.5. The quantitative estimate of drug-likeness (QED) is 0.0902. The molecule has 0 saturated heterocycles. The molecule has 7 nitrogen and oxygen atoms in total. The van der Waals surface area contributed by atoms with Gasteiger partial charge in [-0.3, -0.25) is 4.79 Å². The van der Waals surface area contributed by atoms with Gasteiger partial charge >= 0.3 is 5.97 Å². The van der Waals surface area contributed by atoms with E-state index in [1.165, 1.54) is 31.4 Å². The van der Waals surface area contributed by atoms with Crippen LogP contribution in [0, 0.1) is 17.8 Å². The topological polar surface area (TPSA) is 91.3 Å². The highest BCUT2D eigenvalue weighted by molar-refractivity contribution is 6.09. The van der Waals surface area contributed by atoms with Crippen LogP contribution in [-0.4, -0.2) is 44.0 Å². The van der Waals surface area contributed by atoms with Gasteiger partial charge in [-0.05, 0) is 97.1 Å². The first-order valence-corrected chi connectivity index (χ1v) is 15.5. The summed E-state index contributed by atoms with van der Waals surface area (Å²) in [4.78, 5) is 25.2. The number of benzene rings is 3. The number of hydrogen-bond acceptors (Lipinski definition) is 6. The number of carbonyl (C=O) groups excluding carboxylic acids is 1. The molecule has 0 aliphatic heterocycles. The van der Waals surface area contributed by atoms with E-state index in [0.29, 0.717) is 48.9 Å². The average molecular weight is 597 g/mol. The van der Waals surface area contributed by atoms with Crippen LogP contribution >= 0.6 is 0 Å². The van der Waals surface area contributed by atoms with Crippen molar-refractivity contribution < 1.29 is 33.6 Å². The Morgan fingerprint density at radius 1 is 0.864 bits per heavy atom. The molecule has 4 fully saturated rings. The average Bonchev–Trinajstić information content (AvgIpc) is 3.02. The first kappa shape index (κ1) is 30.1. The van der Waals surface area contributed by atoms with Gasteiger partial charge in [0.15, 0.2) is 12.6 Å². The Kier molecular flexibility index (Phi) is 9.14. The predicted octanol–water partition coefficient (Wildman–Crippen LogP) is 7.33. The molecule has 0 spiro atoms. The largest absolute Gasteiger partial charge is 0.488 e. The molecule has 0 unspecified atom stereocenters. The van der Waals surface area contributed by atoms with E-state index in [1.54, 1.807) is 31.4 Å². The molecule has 0 radical (unpaired) electrons. The summed E-state index contributed by atoms with van der Waals surface area (Å²) in [5.41, 5.74) is 3.49. The number of ketones is 1. The highest BCUT2D eigenvalue weighted by Gasteiger charge is 2.52. The molecule has 7 heteroatoms. The third-order valence-corrected chi connectivity index (χ3v) is 9.51. The molecule has 230 valence electrons. The molecule has 4 aliphatic rings. The number of hydrogen-bond donors (Lipinski definition) is 1. The summed E-state index contributed by atoms with van der Waals surface area (Å²) in [5, 5.41) is 9.23. The van der Waals surface area contributed by atoms with Gasteiger partial charge in [0.1, 0.15) is 18.1 Å². The van der Waals surface area contributed by atoms with Gasteiger partial charge in [-0.1, -0.05) is 48.5 Å². The van der Waals surface area contributed by atoms with Gasteiger partial charge in [0.25, 0.3) is 0 Å². The minimum absolute atomic E-state index is 0.0278. The summed E-state index contributed by atoms with van der Waals surface area (Å²) >= 11 is 0. The Balaban J connectivity index is 1.36. The minimum Gasteiger partial charge on any atom is -0.488 e. The molecule has 0 heterocycles. The fraction of sp³-hybridized carbons (Fsp3) is 0.405. The summed E-state index contributed by atoms with van der Waals surface area (Å²) in [6.45, 7) is 1.30. The van der Waals surface area contributed by atoms with Gasteiger partial charge in [-0.25, -0.2) is 4.79 Å². The van der Waals surface area contributed by atoms with Crippen LogP contribution in [0.2, 0.25) is 0 Å². The third-order valence-electron chi connectivity index (χ3n) is 9.51. The zero-order valence-electron chi connectivity index (χ0n) is 25.2. The van der Waals surface area contributed by atoms with Crippen LogP contribution in [-0.2, 0) is 21.5 Å². The van der Waals surface area contributed by atoms with E-state index in [1.807, 2.05) is 42.5 Å². The van der Waals surface area contributed by atoms with E-state index in [-0.39, 0.29) is 23.6 Å². The highest BCUT2D eigenvalue weighted by atomic mass is 16.7. The highest BCUT2D eigenvalue weighted by Crippen LogP contribution is 2.62. The Hall–Kier alpha value is -3.94. The van der Waals surface area contributed by atoms with Gasteiger partial charge in [-0.15, -0.1) is 0 Å². The van der Waals surface area contributed by atoms with E-state index in [4.69, 9.17) is 18.9 Å². The Morgan fingerprint density at radius 2 is 1.55 bits per heavy atom. The lowest BCUT2D eigenvalue weighted by atomic mass is 9.48. The van der Waals surface area contributed by atoms with Crippen molar-refractivity contribution in [3.8, 4) is 11.5 Å². The second kappa shape index (κ2) is 13.4. The monoisotopic (exact) mass is 596 g/mol. The summed E-state index contributed by atoms with van der Waals surface area (Å²) in [6.07, 6.45) is 10.5. The number of carboxylic acids is 1. The van der Waals surface area contributed by atoms with Crippen molar-refractivity contribution in [1.29, 1.82) is 0 Å². The minimum atomic E-state index is -0.986. The van der Waals surface area contributed by atoms with E-state index in [0.717, 1.165) is 41.7 Å². The Labute approximate surface area is 258 Å². The Bertz CT molecular complexity index is 1460. The molecule has 4 saturated carbocycles. The molecule has 0 atom stereocenters. The summed E-state index contributed by atoms with van der Waals surface area (Å²) < 4.78 is 23.5. The van der Waals surface area contributed by atoms with Gasteiger partial charge < -0.3 is 24.1 Å². The van der Waals surface area contributed by atoms with Crippen molar-refractivity contribution in [2.24, 2.45) is 17.8 Å². The number of methoxy groups -OCH3 is 1. The van der Waals surface area contributed by atoms with Crippen molar-refractivity contribution >= 4 is 17.8 Å². The van der Waals surface area contributed by atoms with Crippen molar-refractivity contribution in [3.05, 3.63) is 101 Å². The lowest BCUT2D eigenvalue weighted by Gasteiger charge is -2.57. The normalized spacial score (nSPS) is 23.6. The smallest absolute Gasteiger partial charge is 0.335 e. The molecule has 1 N–H and O–H groups in total. The SMILES string of the molecule is COCCOCOc1cc(OCc2ccccc2)c(C(=O)/C=C/c2ccc(C(=O)O)cc2)cc1C12CC3CC(CC(C3)C1)C2. The summed E-state index contributed by atoms with van der Waals surface area (Å²) in [6, 6.07) is 20.2. The first-order valence-electron chi connectivity index (χ1n) is 15.5. The molecule has 3 aromatic carbocycles. The van der Waals surface area contributed by atoms with Crippen LogP contribution in [0.25, 0.3) is 6.08 Å². The predicted molar refractivity (Wildman–Crippen MR) is 167 cm³/mol. The molecule has 3 aromatic rings. The summed E-state index contributed by atoms with van der Waals surface area (Å²) in [5.74, 6) is 2.17. The number of allylic oxidation sites excluding steroid dienone is 1. The molecule has 0 aromatic heterocycles. The van der Waals surface area contributed by atoms with Gasteiger partial charge in [0.05, 0.1) is 24.3 Å². The molecular weight excluding hydrogens is 556 g/mol. The maximum absolute atomic E-state index is 13.9. The number of carbonyl (C=O) groups is 2. The second-order valence-electron chi connectivity index (χ2n) is 12.6. The van der Waals surface area contributed by atoms with Crippen molar-refractivity contribution in [1.82, 2.24) is 0 Å². The van der Waals surface area contributed by atoms with Gasteiger partial charge in [0, 0.05) is 18.7 Å². The number of aromatic carboxylic acids is 1. The van der Waals surface area contributed by atoms with E-state index >= 15 is 0 Å². The lowest BCUT2D eigenvalue weighted by Crippen LogP contribution is -2.48. The van der Waals surface area contributed by atoms with Crippen LogP contribution in [0.3, 0.4) is 0 Å². The van der Waals surface area contributed by atoms with Crippen LogP contribution < -0.4 is 9.47 Å². The van der Waals surface area contributed by atoms with Gasteiger partial charge in [-0.2, -0.15) is 0 Å². The number of rotatable bonds is 14. The number of carboxylic acid groups (broad SMARTS) is 1. The molecule has 4 bridgehead atoms. The van der Waals surface area contributed by atoms with Crippen molar-refractivity contribution in [2.45, 2.75) is 50.5 Å².